The van der Waals surface area contributed by atoms with E-state index < -0.39 is 0 Å². The molecule has 31 heavy (non-hydrogen) atoms. The van der Waals surface area contributed by atoms with Gasteiger partial charge in [0.05, 0.1) is 32.8 Å². The molecule has 0 radical (unpaired) electrons. The number of thioether (sulfide) groups is 1. The smallest absolute Gasteiger partial charge is 0.234 e. The number of benzene rings is 2. The average Bonchev–Trinajstić information content (AvgIpc) is 3.19. The minimum absolute atomic E-state index is 0.157. The van der Waals surface area contributed by atoms with E-state index in [9.17, 15) is 4.79 Å². The minimum atomic E-state index is -0.157. The predicted molar refractivity (Wildman–Crippen MR) is 120 cm³/mol. The summed E-state index contributed by atoms with van der Waals surface area (Å²) in [5, 5.41) is 12.2. The summed E-state index contributed by atoms with van der Waals surface area (Å²) in [7, 11) is 4.77. The fourth-order valence-corrected chi connectivity index (χ4v) is 3.84. The Labute approximate surface area is 185 Å². The first-order valence-electron chi connectivity index (χ1n) is 9.77. The van der Waals surface area contributed by atoms with Crippen LogP contribution in [0.4, 0.5) is 5.69 Å². The van der Waals surface area contributed by atoms with Gasteiger partial charge >= 0.3 is 0 Å². The standard InChI is InChI=1S/C22H26N4O4S/c1-5-26-20(12-15-6-8-16(28-2)9-7-15)24-25-22(26)31-14-21(27)23-18-11-10-17(29-3)13-19(18)30-4/h6-11,13H,5,12,14H2,1-4H3,(H,23,27). The fourth-order valence-electron chi connectivity index (χ4n) is 3.02. The van der Waals surface area contributed by atoms with E-state index in [0.717, 1.165) is 23.7 Å². The van der Waals surface area contributed by atoms with Crippen molar-refractivity contribution in [1.29, 1.82) is 0 Å². The molecule has 0 atom stereocenters. The summed E-state index contributed by atoms with van der Waals surface area (Å²) in [5.41, 5.74) is 1.70. The molecular formula is C22H26N4O4S. The lowest BCUT2D eigenvalue weighted by atomic mass is 10.1. The Bertz CT molecular complexity index is 1020. The second kappa shape index (κ2) is 10.7. The van der Waals surface area contributed by atoms with Crippen molar-refractivity contribution in [2.45, 2.75) is 25.0 Å². The van der Waals surface area contributed by atoms with E-state index >= 15 is 0 Å². The molecule has 3 aromatic rings. The van der Waals surface area contributed by atoms with Crippen molar-refractivity contribution in [3.8, 4) is 17.2 Å². The van der Waals surface area contributed by atoms with E-state index in [-0.39, 0.29) is 11.7 Å². The first-order valence-corrected chi connectivity index (χ1v) is 10.8. The number of hydrogen-bond acceptors (Lipinski definition) is 7. The summed E-state index contributed by atoms with van der Waals surface area (Å²) in [6.07, 6.45) is 0.653. The van der Waals surface area contributed by atoms with Crippen molar-refractivity contribution in [2.75, 3.05) is 32.4 Å². The second-order valence-electron chi connectivity index (χ2n) is 6.57. The van der Waals surface area contributed by atoms with Gasteiger partial charge in [-0.15, -0.1) is 10.2 Å². The molecule has 1 amide bonds. The summed E-state index contributed by atoms with van der Waals surface area (Å²) in [5.74, 6) is 2.91. The minimum Gasteiger partial charge on any atom is -0.497 e. The molecule has 0 saturated carbocycles. The molecule has 164 valence electrons. The van der Waals surface area contributed by atoms with Crippen molar-refractivity contribution in [3.05, 3.63) is 53.9 Å². The molecule has 1 N–H and O–H groups in total. The molecular weight excluding hydrogens is 416 g/mol. The molecule has 3 rings (SSSR count). The number of hydrogen-bond donors (Lipinski definition) is 1. The zero-order valence-electron chi connectivity index (χ0n) is 18.0. The largest absolute Gasteiger partial charge is 0.497 e. The first kappa shape index (κ1) is 22.5. The lowest BCUT2D eigenvalue weighted by Gasteiger charge is -2.11. The van der Waals surface area contributed by atoms with E-state index in [2.05, 4.69) is 15.5 Å². The van der Waals surface area contributed by atoms with E-state index in [1.165, 1.54) is 11.8 Å². The molecule has 0 saturated heterocycles. The highest BCUT2D eigenvalue weighted by molar-refractivity contribution is 7.99. The number of rotatable bonds is 10. The van der Waals surface area contributed by atoms with Gasteiger partial charge in [0.1, 0.15) is 23.1 Å². The van der Waals surface area contributed by atoms with Crippen molar-refractivity contribution in [3.63, 3.8) is 0 Å². The number of aromatic nitrogens is 3. The van der Waals surface area contributed by atoms with Gasteiger partial charge in [0.15, 0.2) is 5.16 Å². The first-order chi connectivity index (χ1) is 15.1. The predicted octanol–water partition coefficient (Wildman–Crippen LogP) is 3.65. The number of carbonyl (C=O) groups is 1. The molecule has 0 aliphatic carbocycles. The fraction of sp³-hybridized carbons (Fsp3) is 0.318. The van der Waals surface area contributed by atoms with Crippen LogP contribution in [0.1, 0.15) is 18.3 Å². The van der Waals surface area contributed by atoms with Crippen molar-refractivity contribution in [2.24, 2.45) is 0 Å². The third kappa shape index (κ3) is 5.69. The number of ether oxygens (including phenoxy) is 3. The van der Waals surface area contributed by atoms with Crippen LogP contribution in [-0.2, 0) is 17.8 Å². The third-order valence-corrected chi connectivity index (χ3v) is 5.61. The Kier molecular flexibility index (Phi) is 7.77. The van der Waals surface area contributed by atoms with Gasteiger partial charge in [0.2, 0.25) is 5.91 Å². The maximum atomic E-state index is 12.5. The Morgan fingerprint density at radius 1 is 1.00 bits per heavy atom. The van der Waals surface area contributed by atoms with Crippen LogP contribution in [0.25, 0.3) is 0 Å². The summed E-state index contributed by atoms with van der Waals surface area (Å²) in [4.78, 5) is 12.5. The summed E-state index contributed by atoms with van der Waals surface area (Å²) < 4.78 is 17.7. The van der Waals surface area contributed by atoms with Gasteiger partial charge in [-0.3, -0.25) is 4.79 Å². The average molecular weight is 443 g/mol. The number of nitrogens with one attached hydrogen (secondary N) is 1. The normalized spacial score (nSPS) is 10.6. The molecule has 0 aliphatic rings. The van der Waals surface area contributed by atoms with Crippen molar-refractivity contribution < 1.29 is 19.0 Å². The Morgan fingerprint density at radius 2 is 1.71 bits per heavy atom. The highest BCUT2D eigenvalue weighted by atomic mass is 32.2. The maximum Gasteiger partial charge on any atom is 0.234 e. The van der Waals surface area contributed by atoms with Crippen LogP contribution in [0.15, 0.2) is 47.6 Å². The van der Waals surface area contributed by atoms with Gasteiger partial charge in [-0.25, -0.2) is 0 Å². The van der Waals surface area contributed by atoms with Crippen LogP contribution >= 0.6 is 11.8 Å². The van der Waals surface area contributed by atoms with Crippen LogP contribution in [0.5, 0.6) is 17.2 Å². The number of nitrogens with zero attached hydrogens (tertiary/aromatic N) is 3. The molecule has 1 heterocycles. The Balaban J connectivity index is 1.63. The highest BCUT2D eigenvalue weighted by Gasteiger charge is 2.15. The number of anilines is 1. The lowest BCUT2D eigenvalue weighted by Crippen LogP contribution is -2.15. The van der Waals surface area contributed by atoms with Crippen LogP contribution in [0.3, 0.4) is 0 Å². The van der Waals surface area contributed by atoms with Gasteiger partial charge in [0, 0.05) is 19.0 Å². The van der Waals surface area contributed by atoms with Crippen LogP contribution in [0.2, 0.25) is 0 Å². The quantitative estimate of drug-likeness (QED) is 0.480. The van der Waals surface area contributed by atoms with E-state index in [0.29, 0.717) is 28.8 Å². The topological polar surface area (TPSA) is 87.5 Å². The molecule has 0 bridgehead atoms. The van der Waals surface area contributed by atoms with E-state index in [4.69, 9.17) is 14.2 Å². The molecule has 2 aromatic carbocycles. The molecule has 1 aromatic heterocycles. The van der Waals surface area contributed by atoms with Gasteiger partial charge in [-0.2, -0.15) is 0 Å². The third-order valence-electron chi connectivity index (χ3n) is 4.65. The van der Waals surface area contributed by atoms with Crippen molar-refractivity contribution >= 4 is 23.4 Å². The number of carbonyl (C=O) groups excluding carboxylic acids is 1. The van der Waals surface area contributed by atoms with Crippen molar-refractivity contribution in [1.82, 2.24) is 14.8 Å². The zero-order chi connectivity index (χ0) is 22.2. The van der Waals surface area contributed by atoms with Crippen LogP contribution in [0, 0.1) is 0 Å². The Hall–Kier alpha value is -3.20. The van der Waals surface area contributed by atoms with Gasteiger partial charge in [-0.05, 0) is 36.8 Å². The van der Waals surface area contributed by atoms with E-state index in [1.807, 2.05) is 35.8 Å². The van der Waals surface area contributed by atoms with Gasteiger partial charge in [-0.1, -0.05) is 23.9 Å². The highest BCUT2D eigenvalue weighted by Crippen LogP contribution is 2.29. The van der Waals surface area contributed by atoms with Crippen LogP contribution < -0.4 is 19.5 Å². The molecule has 0 aliphatic heterocycles. The molecule has 0 fully saturated rings. The molecule has 8 nitrogen and oxygen atoms in total. The summed E-state index contributed by atoms with van der Waals surface area (Å²) >= 11 is 1.35. The monoisotopic (exact) mass is 442 g/mol. The Morgan fingerprint density at radius 3 is 2.35 bits per heavy atom. The molecule has 0 unspecified atom stereocenters. The molecule has 9 heteroatoms. The lowest BCUT2D eigenvalue weighted by molar-refractivity contribution is -0.113. The summed E-state index contributed by atoms with van der Waals surface area (Å²) in [6, 6.07) is 13.1. The second-order valence-corrected chi connectivity index (χ2v) is 7.51. The SMILES string of the molecule is CCn1c(Cc2ccc(OC)cc2)nnc1SCC(=O)Nc1ccc(OC)cc1OC. The number of amides is 1. The molecule has 0 spiro atoms. The van der Waals surface area contributed by atoms with Gasteiger partial charge in [0.25, 0.3) is 0 Å². The van der Waals surface area contributed by atoms with E-state index in [1.54, 1.807) is 39.5 Å². The zero-order valence-corrected chi connectivity index (χ0v) is 18.9. The van der Waals surface area contributed by atoms with Gasteiger partial charge < -0.3 is 24.1 Å². The maximum absolute atomic E-state index is 12.5. The summed E-state index contributed by atoms with van der Waals surface area (Å²) in [6.45, 7) is 2.75. The van der Waals surface area contributed by atoms with Crippen LogP contribution in [-0.4, -0.2) is 47.8 Å². The number of methoxy groups -OCH3 is 3.